The molecule has 0 amide bonds. The normalized spacial score (nSPS) is 10.9. The van der Waals surface area contributed by atoms with Crippen LogP contribution >= 0.6 is 23.2 Å². The zero-order valence-electron chi connectivity index (χ0n) is 15.3. The van der Waals surface area contributed by atoms with Crippen LogP contribution in [0.3, 0.4) is 0 Å². The zero-order valence-corrected chi connectivity index (χ0v) is 16.8. The van der Waals surface area contributed by atoms with E-state index >= 15 is 0 Å². The number of hydrogen-bond acceptors (Lipinski definition) is 3. The number of benzene rings is 2. The van der Waals surface area contributed by atoms with Crippen molar-refractivity contribution in [3.05, 3.63) is 98.8 Å². The molecule has 5 nitrogen and oxygen atoms in total. The zero-order chi connectivity index (χ0) is 20.5. The summed E-state index contributed by atoms with van der Waals surface area (Å²) >= 11 is 12.4. The van der Waals surface area contributed by atoms with Crippen molar-refractivity contribution in [1.29, 1.82) is 0 Å². The monoisotopic (exact) mass is 423 g/mol. The topological polar surface area (TPSA) is 67.8 Å². The van der Waals surface area contributed by atoms with Crippen molar-refractivity contribution in [2.24, 2.45) is 7.05 Å². The fourth-order valence-electron chi connectivity index (χ4n) is 3.14. The lowest BCUT2D eigenvalue weighted by Gasteiger charge is -2.13. The number of rotatable bonds is 4. The van der Waals surface area contributed by atoms with Gasteiger partial charge in [0.15, 0.2) is 5.82 Å². The van der Waals surface area contributed by atoms with Crippen LogP contribution in [-0.2, 0) is 7.05 Å². The average molecular weight is 424 g/mol. The van der Waals surface area contributed by atoms with E-state index in [9.17, 15) is 9.59 Å². The Morgan fingerprint density at radius 1 is 1.03 bits per heavy atom. The number of ketones is 1. The van der Waals surface area contributed by atoms with E-state index in [1.807, 2.05) is 30.3 Å². The molecule has 4 aromatic rings. The summed E-state index contributed by atoms with van der Waals surface area (Å²) in [5.41, 5.74) is 2.12. The van der Waals surface area contributed by atoms with Gasteiger partial charge in [0.2, 0.25) is 5.78 Å². The Morgan fingerprint density at radius 2 is 1.76 bits per heavy atom. The van der Waals surface area contributed by atoms with Gasteiger partial charge >= 0.3 is 0 Å². The highest BCUT2D eigenvalue weighted by atomic mass is 35.5. The predicted molar refractivity (Wildman–Crippen MR) is 115 cm³/mol. The molecule has 0 saturated carbocycles. The molecule has 2 aromatic heterocycles. The second-order valence-electron chi connectivity index (χ2n) is 6.48. The number of nitrogens with zero attached hydrogens (tertiary/aromatic N) is 2. The number of aromatic amines is 1. The summed E-state index contributed by atoms with van der Waals surface area (Å²) in [6, 6.07) is 15.9. The van der Waals surface area contributed by atoms with E-state index in [2.05, 4.69) is 9.97 Å². The third-order valence-corrected chi connectivity index (χ3v) is 5.19. The smallest absolute Gasteiger partial charge is 0.259 e. The van der Waals surface area contributed by atoms with Crippen LogP contribution in [0.2, 0.25) is 10.0 Å². The second kappa shape index (κ2) is 7.70. The average Bonchev–Trinajstić information content (AvgIpc) is 3.14. The Hall–Kier alpha value is -3.15. The van der Waals surface area contributed by atoms with E-state index < -0.39 is 11.3 Å². The lowest BCUT2D eigenvalue weighted by Crippen LogP contribution is -2.21. The van der Waals surface area contributed by atoms with Gasteiger partial charge in [0, 0.05) is 40.6 Å². The number of carbonyl (C=O) groups is 1. The summed E-state index contributed by atoms with van der Waals surface area (Å²) in [6.45, 7) is 0. The Kier molecular flexibility index (Phi) is 5.09. The van der Waals surface area contributed by atoms with Crippen LogP contribution in [-0.4, -0.2) is 20.3 Å². The van der Waals surface area contributed by atoms with Gasteiger partial charge < -0.3 is 9.55 Å². The number of H-pyrrole nitrogens is 1. The van der Waals surface area contributed by atoms with Gasteiger partial charge in [0.05, 0.1) is 11.3 Å². The number of nitrogens with one attached hydrogen (secondary N) is 1. The maximum atomic E-state index is 13.0. The van der Waals surface area contributed by atoms with Gasteiger partial charge in [0.1, 0.15) is 0 Å². The van der Waals surface area contributed by atoms with Crippen LogP contribution in [0.5, 0.6) is 0 Å². The largest absolute Gasteiger partial charge is 0.331 e. The van der Waals surface area contributed by atoms with Crippen molar-refractivity contribution in [3.63, 3.8) is 0 Å². The van der Waals surface area contributed by atoms with Crippen LogP contribution in [0.25, 0.3) is 22.4 Å². The molecular weight excluding hydrogens is 409 g/mol. The number of carbonyl (C=O) groups excluding carboxylic acids is 1. The first kappa shape index (κ1) is 19.2. The van der Waals surface area contributed by atoms with E-state index in [0.717, 1.165) is 5.56 Å². The SMILES string of the molecule is Cn1ccnc1C(=O)c1cc(-c2ccc(Cl)cc2)c(-c2ccccc2Cl)[nH]c1=O. The van der Waals surface area contributed by atoms with Gasteiger partial charge in [-0.15, -0.1) is 0 Å². The summed E-state index contributed by atoms with van der Waals surface area (Å²) in [5.74, 6) is -0.275. The molecule has 0 spiro atoms. The van der Waals surface area contributed by atoms with Crippen LogP contribution in [0.15, 0.2) is 71.8 Å². The van der Waals surface area contributed by atoms with E-state index in [0.29, 0.717) is 26.9 Å². The molecule has 29 heavy (non-hydrogen) atoms. The fraction of sp³-hybridized carbons (Fsp3) is 0.0455. The molecular formula is C22H15Cl2N3O2. The Morgan fingerprint density at radius 3 is 2.41 bits per heavy atom. The fourth-order valence-corrected chi connectivity index (χ4v) is 3.49. The quantitative estimate of drug-likeness (QED) is 0.470. The molecule has 0 bridgehead atoms. The maximum Gasteiger partial charge on any atom is 0.259 e. The molecule has 2 aromatic carbocycles. The van der Waals surface area contributed by atoms with E-state index in [1.165, 1.54) is 6.20 Å². The van der Waals surface area contributed by atoms with Gasteiger partial charge in [-0.2, -0.15) is 0 Å². The molecule has 0 saturated heterocycles. The van der Waals surface area contributed by atoms with Gasteiger partial charge in [-0.1, -0.05) is 53.5 Å². The summed E-state index contributed by atoms with van der Waals surface area (Å²) in [4.78, 5) is 32.7. The van der Waals surface area contributed by atoms with Gasteiger partial charge in [-0.05, 0) is 29.8 Å². The van der Waals surface area contributed by atoms with Gasteiger partial charge in [-0.3, -0.25) is 9.59 Å². The molecule has 144 valence electrons. The molecule has 1 N–H and O–H groups in total. The maximum absolute atomic E-state index is 13.0. The lowest BCUT2D eigenvalue weighted by molar-refractivity contribution is 0.102. The van der Waals surface area contributed by atoms with Crippen LogP contribution < -0.4 is 5.56 Å². The van der Waals surface area contributed by atoms with Crippen LogP contribution in [0, 0.1) is 0 Å². The first-order chi connectivity index (χ1) is 14.0. The standard InChI is InChI=1S/C22H15Cl2N3O2/c1-27-11-10-25-21(27)20(28)17-12-16(13-6-8-14(23)9-7-13)19(26-22(17)29)15-4-2-3-5-18(15)24/h2-12H,1H3,(H,26,29). The molecule has 0 atom stereocenters. The number of aryl methyl sites for hydroxylation is 1. The van der Waals surface area contributed by atoms with E-state index in [4.69, 9.17) is 23.2 Å². The summed E-state index contributed by atoms with van der Waals surface area (Å²) in [6.07, 6.45) is 3.17. The summed E-state index contributed by atoms with van der Waals surface area (Å²) in [7, 11) is 1.70. The summed E-state index contributed by atoms with van der Waals surface area (Å²) in [5, 5.41) is 1.07. The minimum atomic E-state index is -0.509. The number of imidazole rings is 1. The van der Waals surface area contributed by atoms with Crippen molar-refractivity contribution in [1.82, 2.24) is 14.5 Å². The van der Waals surface area contributed by atoms with Gasteiger partial charge in [0.25, 0.3) is 5.56 Å². The molecule has 0 radical (unpaired) electrons. The first-order valence-electron chi connectivity index (χ1n) is 8.76. The van der Waals surface area contributed by atoms with Crippen LogP contribution in [0.1, 0.15) is 16.2 Å². The number of hydrogen-bond donors (Lipinski definition) is 1. The van der Waals surface area contributed by atoms with Crippen molar-refractivity contribution >= 4 is 29.0 Å². The highest BCUT2D eigenvalue weighted by Crippen LogP contribution is 2.34. The van der Waals surface area contributed by atoms with E-state index in [-0.39, 0.29) is 11.4 Å². The van der Waals surface area contributed by atoms with Crippen molar-refractivity contribution in [2.75, 3.05) is 0 Å². The molecule has 7 heteroatoms. The van der Waals surface area contributed by atoms with Crippen molar-refractivity contribution in [2.45, 2.75) is 0 Å². The van der Waals surface area contributed by atoms with Crippen LogP contribution in [0.4, 0.5) is 0 Å². The van der Waals surface area contributed by atoms with Crippen molar-refractivity contribution < 1.29 is 4.79 Å². The van der Waals surface area contributed by atoms with Crippen molar-refractivity contribution in [3.8, 4) is 22.4 Å². The lowest BCUT2D eigenvalue weighted by atomic mass is 9.96. The molecule has 0 aliphatic rings. The Balaban J connectivity index is 1.98. The number of aromatic nitrogens is 3. The molecule has 0 aliphatic carbocycles. The highest BCUT2D eigenvalue weighted by molar-refractivity contribution is 6.33. The van der Waals surface area contributed by atoms with Gasteiger partial charge in [-0.25, -0.2) is 4.98 Å². The van der Waals surface area contributed by atoms with E-state index in [1.54, 1.807) is 42.1 Å². The molecule has 2 heterocycles. The molecule has 0 unspecified atom stereocenters. The first-order valence-corrected chi connectivity index (χ1v) is 9.51. The summed E-state index contributed by atoms with van der Waals surface area (Å²) < 4.78 is 1.58. The number of halogens is 2. The minimum Gasteiger partial charge on any atom is -0.331 e. The molecule has 0 aliphatic heterocycles. The second-order valence-corrected chi connectivity index (χ2v) is 7.32. The third kappa shape index (κ3) is 3.62. The number of pyridine rings is 1. The predicted octanol–water partition coefficient (Wildman–Crippen LogP) is 4.98. The third-order valence-electron chi connectivity index (χ3n) is 4.61. The Labute approximate surface area is 176 Å². The minimum absolute atomic E-state index is 0.0000496. The highest BCUT2D eigenvalue weighted by Gasteiger charge is 2.21. The Bertz CT molecular complexity index is 1270. The molecule has 4 rings (SSSR count). The molecule has 0 fully saturated rings.